The third-order valence-corrected chi connectivity index (χ3v) is 3.91. The lowest BCUT2D eigenvalue weighted by Gasteiger charge is -2.21. The summed E-state index contributed by atoms with van der Waals surface area (Å²) in [7, 11) is 0. The van der Waals surface area contributed by atoms with Crippen molar-refractivity contribution in [2.24, 2.45) is 5.10 Å². The van der Waals surface area contributed by atoms with Crippen LogP contribution in [0.4, 0.5) is 17.1 Å². The molecule has 0 aliphatic carbocycles. The van der Waals surface area contributed by atoms with Crippen LogP contribution in [-0.2, 0) is 4.74 Å². The topological polar surface area (TPSA) is 120 Å². The van der Waals surface area contributed by atoms with Crippen molar-refractivity contribution in [1.82, 2.24) is 0 Å². The van der Waals surface area contributed by atoms with Gasteiger partial charge >= 0.3 is 5.69 Å². The molecule has 2 heterocycles. The third-order valence-electron chi connectivity index (χ3n) is 3.91. The highest BCUT2D eigenvalue weighted by atomic mass is 16.6. The lowest BCUT2D eigenvalue weighted by Crippen LogP contribution is -2.28. The van der Waals surface area contributed by atoms with E-state index in [0.29, 0.717) is 6.10 Å². The highest BCUT2D eigenvalue weighted by Gasteiger charge is 2.34. The molecule has 2 fully saturated rings. The number of anilines is 1. The van der Waals surface area contributed by atoms with E-state index >= 15 is 0 Å². The first kappa shape index (κ1) is 14.4. The molecule has 0 unspecified atom stereocenters. The fourth-order valence-corrected chi connectivity index (χ4v) is 2.77. The number of nitrogens with one attached hydrogen (secondary N) is 1. The first-order chi connectivity index (χ1) is 10.5. The number of nitrogens with zero attached hydrogens (tertiary/aromatic N) is 3. The van der Waals surface area contributed by atoms with Gasteiger partial charge in [0.25, 0.3) is 5.69 Å². The van der Waals surface area contributed by atoms with Crippen LogP contribution < -0.4 is 5.43 Å². The van der Waals surface area contributed by atoms with Gasteiger partial charge in [-0.15, -0.1) is 0 Å². The van der Waals surface area contributed by atoms with E-state index in [1.165, 1.54) is 12.1 Å². The number of nitro groups is 2. The predicted molar refractivity (Wildman–Crippen MR) is 77.9 cm³/mol. The minimum atomic E-state index is -0.670. The summed E-state index contributed by atoms with van der Waals surface area (Å²) in [6, 6.07) is 3.42. The zero-order valence-corrected chi connectivity index (χ0v) is 11.6. The van der Waals surface area contributed by atoms with Crippen molar-refractivity contribution in [2.45, 2.75) is 37.9 Å². The maximum atomic E-state index is 11.0. The molecule has 1 aromatic carbocycles. The van der Waals surface area contributed by atoms with E-state index in [2.05, 4.69) is 10.5 Å². The summed E-state index contributed by atoms with van der Waals surface area (Å²) in [5, 5.41) is 26.0. The molecule has 2 saturated heterocycles. The molecule has 2 aliphatic rings. The summed E-state index contributed by atoms with van der Waals surface area (Å²) < 4.78 is 5.73. The van der Waals surface area contributed by atoms with Crippen molar-refractivity contribution >= 4 is 22.8 Å². The second kappa shape index (κ2) is 5.68. The summed E-state index contributed by atoms with van der Waals surface area (Å²) in [5.74, 6) is 0. The van der Waals surface area contributed by atoms with Crippen LogP contribution in [-0.4, -0.2) is 27.8 Å². The molecular formula is C13H14N4O5. The summed E-state index contributed by atoms with van der Waals surface area (Å²) in [4.78, 5) is 20.4. The number of rotatable bonds is 4. The van der Waals surface area contributed by atoms with Crippen molar-refractivity contribution in [3.63, 3.8) is 0 Å². The molecule has 3 rings (SSSR count). The average Bonchev–Trinajstić information content (AvgIpc) is 2.88. The van der Waals surface area contributed by atoms with Crippen LogP contribution in [0.15, 0.2) is 23.3 Å². The maximum absolute atomic E-state index is 11.0. The number of ether oxygens (including phenoxy) is 1. The molecule has 9 nitrogen and oxygen atoms in total. The molecule has 9 heteroatoms. The lowest BCUT2D eigenvalue weighted by atomic mass is 10.1. The Labute approximate surface area is 125 Å². The van der Waals surface area contributed by atoms with E-state index in [9.17, 15) is 20.2 Å². The second-order valence-corrected chi connectivity index (χ2v) is 5.29. The van der Waals surface area contributed by atoms with Gasteiger partial charge in [0.15, 0.2) is 0 Å². The highest BCUT2D eigenvalue weighted by molar-refractivity contribution is 5.90. The summed E-state index contributed by atoms with van der Waals surface area (Å²) >= 11 is 0. The van der Waals surface area contributed by atoms with Crippen LogP contribution in [0.2, 0.25) is 0 Å². The van der Waals surface area contributed by atoms with Crippen molar-refractivity contribution in [2.75, 3.05) is 5.43 Å². The van der Waals surface area contributed by atoms with Crippen LogP contribution in [0.1, 0.15) is 25.7 Å². The van der Waals surface area contributed by atoms with Crippen LogP contribution in [0.25, 0.3) is 0 Å². The van der Waals surface area contributed by atoms with Crippen LogP contribution in [0, 0.1) is 20.2 Å². The van der Waals surface area contributed by atoms with E-state index in [1.54, 1.807) is 0 Å². The molecule has 2 bridgehead atoms. The molecule has 22 heavy (non-hydrogen) atoms. The van der Waals surface area contributed by atoms with E-state index in [1.807, 2.05) is 0 Å². The zero-order valence-electron chi connectivity index (χ0n) is 11.6. The normalized spacial score (nSPS) is 25.2. The number of hydrazone groups is 1. The Morgan fingerprint density at radius 2 is 2.00 bits per heavy atom. The molecule has 0 aromatic heterocycles. The van der Waals surface area contributed by atoms with E-state index in [4.69, 9.17) is 4.74 Å². The van der Waals surface area contributed by atoms with Gasteiger partial charge in [0, 0.05) is 6.07 Å². The molecule has 0 saturated carbocycles. The standard InChI is InChI=1S/C13H14N4O5/c18-16(19)8-1-4-10(12(7-8)17(20)21)14-15-11-5-2-9-3-6-13(11)22-9/h1,4,7,9,13-14H,2-3,5-6H2/b15-11-/t9-,13+/m1/s1. The van der Waals surface area contributed by atoms with Crippen LogP contribution in [0.5, 0.6) is 0 Å². The van der Waals surface area contributed by atoms with Crippen molar-refractivity contribution in [3.05, 3.63) is 38.4 Å². The van der Waals surface area contributed by atoms with Crippen LogP contribution in [0.3, 0.4) is 0 Å². The molecule has 2 atom stereocenters. The number of benzene rings is 1. The Morgan fingerprint density at radius 3 is 2.73 bits per heavy atom. The number of hydrogen-bond donors (Lipinski definition) is 1. The Morgan fingerprint density at radius 1 is 1.18 bits per heavy atom. The van der Waals surface area contributed by atoms with Gasteiger partial charge in [0.2, 0.25) is 0 Å². The molecule has 116 valence electrons. The molecule has 2 aliphatic heterocycles. The molecule has 0 amide bonds. The van der Waals surface area contributed by atoms with E-state index in [-0.39, 0.29) is 23.2 Å². The summed E-state index contributed by atoms with van der Waals surface area (Å²) in [6.45, 7) is 0. The van der Waals surface area contributed by atoms with Crippen molar-refractivity contribution < 1.29 is 14.6 Å². The molecular weight excluding hydrogens is 292 g/mol. The smallest absolute Gasteiger partial charge is 0.301 e. The second-order valence-electron chi connectivity index (χ2n) is 5.29. The fourth-order valence-electron chi connectivity index (χ4n) is 2.77. The van der Waals surface area contributed by atoms with Gasteiger partial charge in [-0.3, -0.25) is 25.7 Å². The van der Waals surface area contributed by atoms with Gasteiger partial charge in [-0.1, -0.05) is 0 Å². The molecule has 0 radical (unpaired) electrons. The molecule has 0 spiro atoms. The number of fused-ring (bicyclic) bond motifs is 2. The maximum Gasteiger partial charge on any atom is 0.301 e. The van der Waals surface area contributed by atoms with Gasteiger partial charge < -0.3 is 4.74 Å². The van der Waals surface area contributed by atoms with Crippen molar-refractivity contribution in [3.8, 4) is 0 Å². The van der Waals surface area contributed by atoms with E-state index in [0.717, 1.165) is 37.5 Å². The van der Waals surface area contributed by atoms with Gasteiger partial charge in [-0.25, -0.2) is 0 Å². The first-order valence-electron chi connectivity index (χ1n) is 6.95. The summed E-state index contributed by atoms with van der Waals surface area (Å²) in [5.41, 5.74) is 2.92. The monoisotopic (exact) mass is 306 g/mol. The van der Waals surface area contributed by atoms with Crippen molar-refractivity contribution in [1.29, 1.82) is 0 Å². The Hall–Kier alpha value is -2.55. The number of hydrogen-bond acceptors (Lipinski definition) is 7. The summed E-state index contributed by atoms with van der Waals surface area (Å²) in [6.07, 6.45) is 3.90. The lowest BCUT2D eigenvalue weighted by molar-refractivity contribution is -0.393. The Bertz CT molecular complexity index is 660. The molecule has 1 aromatic rings. The zero-order chi connectivity index (χ0) is 15.7. The van der Waals surface area contributed by atoms with E-state index < -0.39 is 9.85 Å². The average molecular weight is 306 g/mol. The SMILES string of the molecule is O=[N+]([O-])c1ccc(N/N=C2/CC[C@@H]3CC[C@@H]2O3)c([N+](=O)[O-])c1. The fraction of sp³-hybridized carbons (Fsp3) is 0.462. The highest BCUT2D eigenvalue weighted by Crippen LogP contribution is 2.32. The molecule has 1 N–H and O–H groups in total. The third kappa shape index (κ3) is 2.75. The Kier molecular flexibility index (Phi) is 3.72. The van der Waals surface area contributed by atoms with Gasteiger partial charge in [0.05, 0.1) is 33.8 Å². The van der Waals surface area contributed by atoms with Gasteiger partial charge in [-0.05, 0) is 31.7 Å². The van der Waals surface area contributed by atoms with Gasteiger partial charge in [0.1, 0.15) is 5.69 Å². The minimum Gasteiger partial charge on any atom is -0.369 e. The number of nitro benzene ring substituents is 2. The minimum absolute atomic E-state index is 0.0247. The number of non-ortho nitro benzene ring substituents is 1. The predicted octanol–water partition coefficient (Wildman–Crippen LogP) is 2.61. The van der Waals surface area contributed by atoms with Crippen LogP contribution >= 0.6 is 0 Å². The quantitative estimate of drug-likeness (QED) is 0.674. The Balaban J connectivity index is 1.82. The van der Waals surface area contributed by atoms with Gasteiger partial charge in [-0.2, -0.15) is 5.10 Å². The largest absolute Gasteiger partial charge is 0.369 e. The first-order valence-corrected chi connectivity index (χ1v) is 6.95.